The van der Waals surface area contributed by atoms with Crippen molar-refractivity contribution >= 4 is 17.7 Å². The quantitative estimate of drug-likeness (QED) is 0.657. The second kappa shape index (κ2) is 8.63. The molecule has 1 atom stereocenters. The van der Waals surface area contributed by atoms with E-state index in [0.29, 0.717) is 0 Å². The van der Waals surface area contributed by atoms with E-state index in [4.69, 9.17) is 0 Å². The molecule has 3 nitrogen and oxygen atoms in total. The Kier molecular flexibility index (Phi) is 6.11. The highest BCUT2D eigenvalue weighted by molar-refractivity contribution is 7.99. The third-order valence-corrected chi connectivity index (χ3v) is 7.20. The van der Waals surface area contributed by atoms with Gasteiger partial charge in [-0.05, 0) is 54.8 Å². The Labute approximate surface area is 179 Å². The number of fused-ring (bicyclic) bond motifs is 2. The lowest BCUT2D eigenvalue weighted by Crippen LogP contribution is -2.48. The smallest absolute Gasteiger partial charge is 0.340 e. The summed E-state index contributed by atoms with van der Waals surface area (Å²) in [5.74, 6) is 0.0845. The van der Waals surface area contributed by atoms with Crippen LogP contribution < -0.4 is 0 Å². The molecule has 2 aromatic carbocycles. The number of benzene rings is 2. The molecule has 0 bridgehead atoms. The van der Waals surface area contributed by atoms with Gasteiger partial charge in [0, 0.05) is 48.8 Å². The van der Waals surface area contributed by atoms with Crippen molar-refractivity contribution in [2.45, 2.75) is 41.7 Å². The van der Waals surface area contributed by atoms with E-state index in [-0.39, 0.29) is 11.8 Å². The monoisotopic (exact) mass is 434 g/mol. The van der Waals surface area contributed by atoms with Crippen LogP contribution in [-0.4, -0.2) is 48.4 Å². The van der Waals surface area contributed by atoms with Gasteiger partial charge >= 0.3 is 6.18 Å². The summed E-state index contributed by atoms with van der Waals surface area (Å²) in [4.78, 5) is 17.7. The van der Waals surface area contributed by atoms with Crippen molar-refractivity contribution in [2.24, 2.45) is 0 Å². The van der Waals surface area contributed by atoms with Crippen molar-refractivity contribution < 1.29 is 18.0 Å². The molecule has 7 heteroatoms. The lowest BCUT2D eigenvalue weighted by atomic mass is 9.86. The Hall–Kier alpha value is -1.99. The van der Waals surface area contributed by atoms with Crippen molar-refractivity contribution in [1.29, 1.82) is 0 Å². The van der Waals surface area contributed by atoms with Gasteiger partial charge in [-0.1, -0.05) is 30.0 Å². The molecule has 1 unspecified atom stereocenters. The maximum Gasteiger partial charge on any atom is 0.416 e. The van der Waals surface area contributed by atoms with E-state index in [2.05, 4.69) is 11.0 Å². The highest BCUT2D eigenvalue weighted by atomic mass is 32.2. The molecular formula is C23H25F3N2OS. The van der Waals surface area contributed by atoms with E-state index in [1.54, 1.807) is 24.8 Å². The summed E-state index contributed by atoms with van der Waals surface area (Å²) < 4.78 is 40.0. The second-order valence-corrected chi connectivity index (χ2v) is 9.02. The van der Waals surface area contributed by atoms with Crippen LogP contribution in [0, 0.1) is 0 Å². The van der Waals surface area contributed by atoms with Crippen LogP contribution in [0.4, 0.5) is 13.2 Å². The fourth-order valence-electron chi connectivity index (χ4n) is 4.35. The van der Waals surface area contributed by atoms with E-state index in [1.807, 2.05) is 23.1 Å². The number of amides is 1. The zero-order valence-electron chi connectivity index (χ0n) is 16.9. The number of carbonyl (C=O) groups excluding carboxylic acids is 1. The van der Waals surface area contributed by atoms with Gasteiger partial charge in [0.1, 0.15) is 0 Å². The van der Waals surface area contributed by atoms with Gasteiger partial charge < -0.3 is 4.90 Å². The van der Waals surface area contributed by atoms with Crippen LogP contribution in [0.5, 0.6) is 0 Å². The molecule has 4 rings (SSSR count). The molecule has 1 amide bonds. The molecule has 160 valence electrons. The van der Waals surface area contributed by atoms with Crippen LogP contribution in [0.2, 0.25) is 0 Å². The number of hydrogen-bond donors (Lipinski definition) is 0. The van der Waals surface area contributed by atoms with E-state index < -0.39 is 11.7 Å². The number of alkyl halides is 3. The molecule has 0 saturated carbocycles. The summed E-state index contributed by atoms with van der Waals surface area (Å²) in [5.41, 5.74) is 1.33. The summed E-state index contributed by atoms with van der Waals surface area (Å²) in [6.07, 6.45) is -2.63. The largest absolute Gasteiger partial charge is 0.416 e. The fourth-order valence-corrected chi connectivity index (χ4v) is 5.52. The van der Waals surface area contributed by atoms with Crippen molar-refractivity contribution in [1.82, 2.24) is 9.80 Å². The molecule has 0 N–H and O–H groups in total. The molecule has 2 aliphatic heterocycles. The molecule has 2 aromatic rings. The first-order valence-corrected chi connectivity index (χ1v) is 11.1. The van der Waals surface area contributed by atoms with Crippen LogP contribution in [0.25, 0.3) is 0 Å². The third kappa shape index (κ3) is 4.52. The van der Waals surface area contributed by atoms with Gasteiger partial charge in [0.15, 0.2) is 0 Å². The number of nitrogens with zero attached hydrogens (tertiary/aromatic N) is 2. The van der Waals surface area contributed by atoms with Crippen LogP contribution in [0.3, 0.4) is 0 Å². The van der Waals surface area contributed by atoms with Crippen molar-refractivity contribution in [3.8, 4) is 0 Å². The SMILES string of the molecule is CC(=O)N1CCN(CCCC2c3ccccc3Sc3ccc(C(F)(F)F)cc32)CC1. The van der Waals surface area contributed by atoms with Crippen molar-refractivity contribution in [3.63, 3.8) is 0 Å². The highest BCUT2D eigenvalue weighted by Crippen LogP contribution is 2.48. The first kappa shape index (κ1) is 21.2. The number of piperazine rings is 1. The predicted octanol–water partition coefficient (Wildman–Crippen LogP) is 5.25. The summed E-state index contributed by atoms with van der Waals surface area (Å²) in [6, 6.07) is 12.2. The molecular weight excluding hydrogens is 409 g/mol. The van der Waals surface area contributed by atoms with Crippen LogP contribution >= 0.6 is 11.8 Å². The highest BCUT2D eigenvalue weighted by Gasteiger charge is 2.34. The zero-order valence-corrected chi connectivity index (χ0v) is 17.7. The van der Waals surface area contributed by atoms with Gasteiger partial charge in [-0.15, -0.1) is 0 Å². The molecule has 1 fully saturated rings. The molecule has 2 heterocycles. The average molecular weight is 435 g/mol. The minimum absolute atomic E-state index is 0.0294. The Morgan fingerprint density at radius 2 is 1.73 bits per heavy atom. The molecule has 0 aliphatic carbocycles. The normalized spacial score (nSPS) is 19.3. The number of halogens is 3. The van der Waals surface area contributed by atoms with Gasteiger partial charge in [0.05, 0.1) is 5.56 Å². The minimum atomic E-state index is -4.34. The number of hydrogen-bond acceptors (Lipinski definition) is 3. The first-order chi connectivity index (χ1) is 14.3. The van der Waals surface area contributed by atoms with Gasteiger partial charge in [-0.25, -0.2) is 0 Å². The summed E-state index contributed by atoms with van der Waals surface area (Å²) in [5, 5.41) is 0. The lowest BCUT2D eigenvalue weighted by Gasteiger charge is -2.35. The molecule has 2 aliphatic rings. The number of rotatable bonds is 4. The van der Waals surface area contributed by atoms with Crippen LogP contribution in [0.15, 0.2) is 52.3 Å². The minimum Gasteiger partial charge on any atom is -0.340 e. The van der Waals surface area contributed by atoms with Gasteiger partial charge in [-0.2, -0.15) is 13.2 Å². The Morgan fingerprint density at radius 1 is 1.03 bits per heavy atom. The Morgan fingerprint density at radius 3 is 2.43 bits per heavy atom. The van der Waals surface area contributed by atoms with Gasteiger partial charge in [-0.3, -0.25) is 9.69 Å². The van der Waals surface area contributed by atoms with Gasteiger partial charge in [0.2, 0.25) is 5.91 Å². The van der Waals surface area contributed by atoms with Crippen LogP contribution in [0.1, 0.15) is 42.4 Å². The lowest BCUT2D eigenvalue weighted by molar-refractivity contribution is -0.137. The third-order valence-electron chi connectivity index (χ3n) is 6.01. The van der Waals surface area contributed by atoms with E-state index in [9.17, 15) is 18.0 Å². The number of carbonyl (C=O) groups is 1. The van der Waals surface area contributed by atoms with Crippen molar-refractivity contribution in [2.75, 3.05) is 32.7 Å². The molecule has 0 aromatic heterocycles. The van der Waals surface area contributed by atoms with E-state index in [0.717, 1.165) is 66.5 Å². The Bertz CT molecular complexity index is 923. The summed E-state index contributed by atoms with van der Waals surface area (Å²) in [7, 11) is 0. The van der Waals surface area contributed by atoms with E-state index in [1.165, 1.54) is 12.1 Å². The molecule has 1 saturated heterocycles. The summed E-state index contributed by atoms with van der Waals surface area (Å²) >= 11 is 1.55. The summed E-state index contributed by atoms with van der Waals surface area (Å²) in [6.45, 7) is 5.69. The topological polar surface area (TPSA) is 23.6 Å². The molecule has 30 heavy (non-hydrogen) atoms. The molecule has 0 spiro atoms. The standard InChI is InChI=1S/C23H25F3N2OS/c1-16(29)28-13-11-27(12-14-28)10-4-6-18-19-5-2-3-7-21(19)30-22-9-8-17(15-20(18)22)23(24,25)26/h2-3,5,7-9,15,18H,4,6,10-14H2,1H3. The molecule has 0 radical (unpaired) electrons. The fraction of sp³-hybridized carbons (Fsp3) is 0.435. The Balaban J connectivity index is 1.49. The predicted molar refractivity (Wildman–Crippen MR) is 112 cm³/mol. The first-order valence-electron chi connectivity index (χ1n) is 10.3. The van der Waals surface area contributed by atoms with Crippen molar-refractivity contribution in [3.05, 3.63) is 59.2 Å². The van der Waals surface area contributed by atoms with Gasteiger partial charge in [0.25, 0.3) is 0 Å². The maximum atomic E-state index is 13.3. The zero-order chi connectivity index (χ0) is 21.3. The van der Waals surface area contributed by atoms with E-state index >= 15 is 0 Å². The second-order valence-electron chi connectivity index (χ2n) is 7.93. The maximum absolute atomic E-state index is 13.3. The average Bonchev–Trinajstić information content (AvgIpc) is 2.72. The van der Waals surface area contributed by atoms with Crippen LogP contribution in [-0.2, 0) is 11.0 Å².